The molecule has 88 valence electrons. The number of aromatic nitrogens is 1. The Morgan fingerprint density at radius 1 is 1.17 bits per heavy atom. The van der Waals surface area contributed by atoms with E-state index in [2.05, 4.69) is 24.6 Å². The molecule has 18 heavy (non-hydrogen) atoms. The number of nitrogens with zero attached hydrogens (tertiary/aromatic N) is 1. The Labute approximate surface area is 106 Å². The van der Waals surface area contributed by atoms with Crippen LogP contribution in [0.1, 0.15) is 11.1 Å². The highest BCUT2D eigenvalue weighted by molar-refractivity contribution is 5.76. The van der Waals surface area contributed by atoms with Gasteiger partial charge in [0.05, 0.1) is 0 Å². The molecule has 0 spiro atoms. The van der Waals surface area contributed by atoms with E-state index in [-0.39, 0.29) is 0 Å². The van der Waals surface area contributed by atoms with Gasteiger partial charge in [0.2, 0.25) is 5.89 Å². The number of benzene rings is 2. The highest BCUT2D eigenvalue weighted by atomic mass is 16.3. The number of para-hydroxylation sites is 2. The number of hydrogen-bond acceptors (Lipinski definition) is 2. The molecule has 0 saturated carbocycles. The zero-order valence-electron chi connectivity index (χ0n) is 10.2. The molecule has 0 aliphatic rings. The van der Waals surface area contributed by atoms with Crippen LogP contribution in [0, 0.1) is 6.92 Å². The fraction of sp³-hybridized carbons (Fsp3) is 0.0625. The van der Waals surface area contributed by atoms with Crippen molar-refractivity contribution in [3.63, 3.8) is 0 Å². The monoisotopic (exact) mass is 235 g/mol. The maximum atomic E-state index is 5.77. The molecule has 0 fully saturated rings. The first-order chi connectivity index (χ1) is 8.78. The summed E-state index contributed by atoms with van der Waals surface area (Å²) in [6, 6.07) is 13.9. The first kappa shape index (κ1) is 10.8. The van der Waals surface area contributed by atoms with E-state index in [9.17, 15) is 0 Å². The van der Waals surface area contributed by atoms with Gasteiger partial charge in [0.1, 0.15) is 5.52 Å². The SMILES string of the molecule is C=Cc1ccc(-c2nc3ccccc3o2)c(C)c1. The van der Waals surface area contributed by atoms with E-state index >= 15 is 0 Å². The van der Waals surface area contributed by atoms with Crippen LogP contribution >= 0.6 is 0 Å². The van der Waals surface area contributed by atoms with Crippen molar-refractivity contribution in [1.29, 1.82) is 0 Å². The molecule has 0 saturated heterocycles. The summed E-state index contributed by atoms with van der Waals surface area (Å²) in [5.41, 5.74) is 4.97. The Hall–Kier alpha value is -2.35. The predicted octanol–water partition coefficient (Wildman–Crippen LogP) is 4.45. The average molecular weight is 235 g/mol. The van der Waals surface area contributed by atoms with E-state index in [1.165, 1.54) is 0 Å². The fourth-order valence-electron chi connectivity index (χ4n) is 2.04. The molecule has 1 aromatic heterocycles. The summed E-state index contributed by atoms with van der Waals surface area (Å²) in [6.07, 6.45) is 1.84. The molecule has 0 radical (unpaired) electrons. The van der Waals surface area contributed by atoms with E-state index in [1.807, 2.05) is 42.5 Å². The molecule has 0 aliphatic carbocycles. The maximum absolute atomic E-state index is 5.77. The van der Waals surface area contributed by atoms with Crippen molar-refractivity contribution in [2.24, 2.45) is 0 Å². The summed E-state index contributed by atoms with van der Waals surface area (Å²) in [5, 5.41) is 0. The molecule has 0 atom stereocenters. The van der Waals surface area contributed by atoms with Crippen molar-refractivity contribution >= 4 is 17.2 Å². The van der Waals surface area contributed by atoms with E-state index in [4.69, 9.17) is 4.42 Å². The van der Waals surface area contributed by atoms with Crippen molar-refractivity contribution in [3.05, 3.63) is 60.2 Å². The molecule has 0 aliphatic heterocycles. The van der Waals surface area contributed by atoms with Gasteiger partial charge in [0, 0.05) is 5.56 Å². The van der Waals surface area contributed by atoms with Gasteiger partial charge >= 0.3 is 0 Å². The van der Waals surface area contributed by atoms with Crippen LogP contribution in [0.25, 0.3) is 28.6 Å². The van der Waals surface area contributed by atoms with Crippen molar-refractivity contribution < 1.29 is 4.42 Å². The van der Waals surface area contributed by atoms with Gasteiger partial charge in [-0.15, -0.1) is 0 Å². The predicted molar refractivity (Wildman–Crippen MR) is 74.3 cm³/mol. The molecular weight excluding hydrogens is 222 g/mol. The zero-order valence-corrected chi connectivity index (χ0v) is 10.2. The Morgan fingerprint density at radius 2 is 2.00 bits per heavy atom. The molecule has 2 heteroatoms. The molecule has 3 aromatic rings. The quantitative estimate of drug-likeness (QED) is 0.656. The Bertz CT molecular complexity index is 692. The molecule has 0 unspecified atom stereocenters. The summed E-state index contributed by atoms with van der Waals surface area (Å²) in [7, 11) is 0. The third-order valence-corrected chi connectivity index (χ3v) is 3.01. The van der Waals surface area contributed by atoms with Gasteiger partial charge in [0.15, 0.2) is 5.58 Å². The Morgan fingerprint density at radius 3 is 2.72 bits per heavy atom. The van der Waals surface area contributed by atoms with Crippen molar-refractivity contribution in [2.75, 3.05) is 0 Å². The van der Waals surface area contributed by atoms with Gasteiger partial charge in [-0.3, -0.25) is 0 Å². The maximum Gasteiger partial charge on any atom is 0.227 e. The molecule has 1 heterocycles. The first-order valence-corrected chi connectivity index (χ1v) is 5.87. The van der Waals surface area contributed by atoms with Crippen molar-refractivity contribution in [3.8, 4) is 11.5 Å². The summed E-state index contributed by atoms with van der Waals surface area (Å²) in [4.78, 5) is 4.51. The van der Waals surface area contributed by atoms with E-state index in [0.29, 0.717) is 5.89 Å². The second-order valence-corrected chi connectivity index (χ2v) is 4.27. The number of rotatable bonds is 2. The highest BCUT2D eigenvalue weighted by Gasteiger charge is 2.09. The van der Waals surface area contributed by atoms with Crippen LogP contribution in [0.4, 0.5) is 0 Å². The standard InChI is InChI=1S/C16H13NO/c1-3-12-8-9-13(11(2)10-12)16-17-14-6-4-5-7-15(14)18-16/h3-10H,1H2,2H3. The van der Waals surface area contributed by atoms with Gasteiger partial charge in [-0.1, -0.05) is 36.9 Å². The molecule has 2 nitrogen and oxygen atoms in total. The lowest BCUT2D eigenvalue weighted by atomic mass is 10.1. The van der Waals surface area contributed by atoms with Gasteiger partial charge < -0.3 is 4.42 Å². The van der Waals surface area contributed by atoms with E-state index < -0.39 is 0 Å². The normalized spacial score (nSPS) is 10.7. The van der Waals surface area contributed by atoms with Crippen LogP contribution in [0.3, 0.4) is 0 Å². The number of fused-ring (bicyclic) bond motifs is 1. The molecule has 3 rings (SSSR count). The van der Waals surface area contributed by atoms with Gasteiger partial charge in [0.25, 0.3) is 0 Å². The Kier molecular flexibility index (Phi) is 2.49. The van der Waals surface area contributed by atoms with Crippen LogP contribution < -0.4 is 0 Å². The van der Waals surface area contributed by atoms with Crippen molar-refractivity contribution in [2.45, 2.75) is 6.92 Å². The lowest BCUT2D eigenvalue weighted by Gasteiger charge is -2.02. The summed E-state index contributed by atoms with van der Waals surface area (Å²) < 4.78 is 5.77. The minimum absolute atomic E-state index is 0.671. The van der Waals surface area contributed by atoms with E-state index in [0.717, 1.165) is 27.8 Å². The van der Waals surface area contributed by atoms with Crippen LogP contribution in [-0.4, -0.2) is 4.98 Å². The minimum Gasteiger partial charge on any atom is -0.436 e. The smallest absolute Gasteiger partial charge is 0.227 e. The largest absolute Gasteiger partial charge is 0.436 e. The molecule has 0 bridgehead atoms. The lowest BCUT2D eigenvalue weighted by Crippen LogP contribution is -1.84. The fourth-order valence-corrected chi connectivity index (χ4v) is 2.04. The Balaban J connectivity index is 2.16. The minimum atomic E-state index is 0.671. The molecule has 0 amide bonds. The van der Waals surface area contributed by atoms with Crippen molar-refractivity contribution in [1.82, 2.24) is 4.98 Å². The first-order valence-electron chi connectivity index (χ1n) is 5.87. The summed E-state index contributed by atoms with van der Waals surface area (Å²) >= 11 is 0. The summed E-state index contributed by atoms with van der Waals surface area (Å²) in [5.74, 6) is 0.671. The second-order valence-electron chi connectivity index (χ2n) is 4.27. The number of oxazole rings is 1. The van der Waals surface area contributed by atoms with Gasteiger partial charge in [-0.2, -0.15) is 0 Å². The average Bonchev–Trinajstić information content (AvgIpc) is 2.81. The van der Waals surface area contributed by atoms with Crippen LogP contribution in [-0.2, 0) is 0 Å². The third-order valence-electron chi connectivity index (χ3n) is 3.01. The highest BCUT2D eigenvalue weighted by Crippen LogP contribution is 2.27. The molecular formula is C16H13NO. The summed E-state index contributed by atoms with van der Waals surface area (Å²) in [6.45, 7) is 5.82. The molecule has 0 N–H and O–H groups in total. The van der Waals surface area contributed by atoms with Crippen LogP contribution in [0.2, 0.25) is 0 Å². The third kappa shape index (κ3) is 1.72. The lowest BCUT2D eigenvalue weighted by molar-refractivity contribution is 0.619. The molecule has 2 aromatic carbocycles. The zero-order chi connectivity index (χ0) is 12.5. The van der Waals surface area contributed by atoms with Crippen LogP contribution in [0.5, 0.6) is 0 Å². The van der Waals surface area contributed by atoms with E-state index in [1.54, 1.807) is 0 Å². The number of aryl methyl sites for hydroxylation is 1. The van der Waals surface area contributed by atoms with Gasteiger partial charge in [-0.05, 0) is 36.2 Å². The second kappa shape index (κ2) is 4.15. The van der Waals surface area contributed by atoms with Gasteiger partial charge in [-0.25, -0.2) is 4.98 Å². The number of hydrogen-bond donors (Lipinski definition) is 0. The van der Waals surface area contributed by atoms with Crippen LogP contribution in [0.15, 0.2) is 53.5 Å². The topological polar surface area (TPSA) is 26.0 Å².